The second-order valence-corrected chi connectivity index (χ2v) is 7.57. The average Bonchev–Trinajstić information content (AvgIpc) is 3.21. The van der Waals surface area contributed by atoms with Gasteiger partial charge < -0.3 is 4.90 Å². The van der Waals surface area contributed by atoms with Crippen LogP contribution in [0.25, 0.3) is 5.69 Å². The predicted molar refractivity (Wildman–Crippen MR) is 109 cm³/mol. The van der Waals surface area contributed by atoms with Crippen LogP contribution in [0.15, 0.2) is 54.7 Å². The molecule has 31 heavy (non-hydrogen) atoms. The topological polar surface area (TPSA) is 54.3 Å². The molecule has 1 aliphatic heterocycles. The van der Waals surface area contributed by atoms with Gasteiger partial charge in [0.2, 0.25) is 0 Å². The highest BCUT2D eigenvalue weighted by Crippen LogP contribution is 2.31. The molecule has 2 aromatic heterocycles. The Labute approximate surface area is 181 Å². The lowest BCUT2D eigenvalue weighted by Crippen LogP contribution is -2.48. The largest absolute Gasteiger partial charge is 0.435 e. The molecule has 0 spiro atoms. The number of amides is 1. The van der Waals surface area contributed by atoms with Crippen molar-refractivity contribution in [1.29, 1.82) is 0 Å². The molecule has 3 aromatic rings. The summed E-state index contributed by atoms with van der Waals surface area (Å²) in [5, 5.41) is 3.84. The lowest BCUT2D eigenvalue weighted by Gasteiger charge is -2.34. The molecule has 0 bridgehead atoms. The number of rotatable bonds is 4. The van der Waals surface area contributed by atoms with E-state index in [0.29, 0.717) is 32.7 Å². The van der Waals surface area contributed by atoms with Gasteiger partial charge in [0.15, 0.2) is 5.69 Å². The van der Waals surface area contributed by atoms with E-state index in [4.69, 9.17) is 11.6 Å². The molecule has 1 aromatic carbocycles. The number of nitrogens with zero attached hydrogens (tertiary/aromatic N) is 5. The van der Waals surface area contributed by atoms with Crippen LogP contribution in [0, 0.1) is 0 Å². The summed E-state index contributed by atoms with van der Waals surface area (Å²) in [6.07, 6.45) is -2.95. The van der Waals surface area contributed by atoms with Crippen molar-refractivity contribution in [2.45, 2.75) is 12.7 Å². The molecule has 6 nitrogen and oxygen atoms in total. The number of carbonyl (C=O) groups excluding carboxylic acids is 1. The Kier molecular flexibility index (Phi) is 5.97. The Bertz CT molecular complexity index is 1060. The summed E-state index contributed by atoms with van der Waals surface area (Å²) in [4.78, 5) is 21.1. The van der Waals surface area contributed by atoms with Gasteiger partial charge in [0.05, 0.1) is 16.4 Å². The molecule has 1 amide bonds. The third-order valence-electron chi connectivity index (χ3n) is 5.07. The number of para-hydroxylation sites is 1. The number of pyridine rings is 1. The van der Waals surface area contributed by atoms with E-state index in [0.717, 1.165) is 16.4 Å². The maximum atomic E-state index is 13.3. The molecule has 0 saturated carbocycles. The minimum Gasteiger partial charge on any atom is -0.335 e. The fourth-order valence-corrected chi connectivity index (χ4v) is 3.69. The number of hydrogen-bond acceptors (Lipinski definition) is 4. The van der Waals surface area contributed by atoms with Crippen molar-refractivity contribution in [3.05, 3.63) is 76.8 Å². The van der Waals surface area contributed by atoms with E-state index in [2.05, 4.69) is 15.0 Å². The standard InChI is InChI=1S/C21H19ClF3N5O/c22-16-6-1-2-7-17(16)30-18(13-19(27-30)21(23,24)25)20(31)29-11-9-28(10-12-29)14-15-5-3-4-8-26-15/h1-8,13H,9-12,14H2. The van der Waals surface area contributed by atoms with Crippen molar-refractivity contribution in [3.8, 4) is 5.69 Å². The fourth-order valence-electron chi connectivity index (χ4n) is 3.47. The smallest absolute Gasteiger partial charge is 0.335 e. The molecule has 10 heteroatoms. The van der Waals surface area contributed by atoms with Gasteiger partial charge in [-0.3, -0.25) is 14.7 Å². The molecule has 4 rings (SSSR count). The van der Waals surface area contributed by atoms with Gasteiger partial charge in [0.25, 0.3) is 5.91 Å². The van der Waals surface area contributed by atoms with E-state index >= 15 is 0 Å². The third-order valence-corrected chi connectivity index (χ3v) is 5.39. The first kappa shape index (κ1) is 21.3. The summed E-state index contributed by atoms with van der Waals surface area (Å²) in [5.74, 6) is -0.514. The lowest BCUT2D eigenvalue weighted by molar-refractivity contribution is -0.141. The lowest BCUT2D eigenvalue weighted by atomic mass is 10.2. The normalized spacial score (nSPS) is 15.3. The minimum absolute atomic E-state index is 0.168. The first-order valence-electron chi connectivity index (χ1n) is 9.66. The highest BCUT2D eigenvalue weighted by Gasteiger charge is 2.37. The molecular weight excluding hydrogens is 431 g/mol. The molecule has 0 atom stereocenters. The van der Waals surface area contributed by atoms with Crippen molar-refractivity contribution in [2.75, 3.05) is 26.2 Å². The zero-order chi connectivity index (χ0) is 22.0. The van der Waals surface area contributed by atoms with Crippen molar-refractivity contribution >= 4 is 17.5 Å². The predicted octanol–water partition coefficient (Wildman–Crippen LogP) is 3.90. The molecular formula is C21H19ClF3N5O. The van der Waals surface area contributed by atoms with E-state index in [-0.39, 0.29) is 16.4 Å². The SMILES string of the molecule is O=C(c1cc(C(F)(F)F)nn1-c1ccccc1Cl)N1CCN(Cc2ccccn2)CC1. The number of benzene rings is 1. The van der Waals surface area contributed by atoms with E-state index in [1.165, 1.54) is 12.1 Å². The van der Waals surface area contributed by atoms with Crippen LogP contribution in [-0.2, 0) is 12.7 Å². The molecule has 1 fully saturated rings. The summed E-state index contributed by atoms with van der Waals surface area (Å²) < 4.78 is 40.9. The Hall–Kier alpha value is -2.91. The van der Waals surface area contributed by atoms with E-state index < -0.39 is 17.8 Å². The second kappa shape index (κ2) is 8.68. The summed E-state index contributed by atoms with van der Waals surface area (Å²) in [6, 6.07) is 12.8. The van der Waals surface area contributed by atoms with Gasteiger partial charge in [0.1, 0.15) is 5.69 Å². The van der Waals surface area contributed by atoms with Crippen molar-refractivity contribution in [3.63, 3.8) is 0 Å². The van der Waals surface area contributed by atoms with E-state index in [9.17, 15) is 18.0 Å². The Morgan fingerprint density at radius 1 is 1.03 bits per heavy atom. The van der Waals surface area contributed by atoms with Gasteiger partial charge in [0, 0.05) is 45.0 Å². The quantitative estimate of drug-likeness (QED) is 0.606. The highest BCUT2D eigenvalue weighted by molar-refractivity contribution is 6.32. The molecule has 162 valence electrons. The number of hydrogen-bond donors (Lipinski definition) is 0. The van der Waals surface area contributed by atoms with Crippen LogP contribution < -0.4 is 0 Å². The van der Waals surface area contributed by atoms with Crippen LogP contribution in [-0.4, -0.2) is 56.7 Å². The number of aromatic nitrogens is 3. The fraction of sp³-hybridized carbons (Fsp3) is 0.286. The first-order valence-corrected chi connectivity index (χ1v) is 10.0. The Morgan fingerprint density at radius 2 is 1.74 bits per heavy atom. The number of piperazine rings is 1. The van der Waals surface area contributed by atoms with Crippen LogP contribution in [0.5, 0.6) is 0 Å². The Morgan fingerprint density at radius 3 is 2.39 bits per heavy atom. The van der Waals surface area contributed by atoms with Gasteiger partial charge in [-0.25, -0.2) is 4.68 Å². The third kappa shape index (κ3) is 4.72. The van der Waals surface area contributed by atoms with Crippen molar-refractivity contribution in [1.82, 2.24) is 24.6 Å². The van der Waals surface area contributed by atoms with Crippen LogP contribution in [0.3, 0.4) is 0 Å². The second-order valence-electron chi connectivity index (χ2n) is 7.17. The van der Waals surface area contributed by atoms with Crippen molar-refractivity contribution in [2.24, 2.45) is 0 Å². The average molecular weight is 450 g/mol. The number of carbonyl (C=O) groups is 1. The van der Waals surface area contributed by atoms with Gasteiger partial charge in [-0.05, 0) is 24.3 Å². The van der Waals surface area contributed by atoms with Gasteiger partial charge >= 0.3 is 6.18 Å². The molecule has 0 N–H and O–H groups in total. The monoisotopic (exact) mass is 449 g/mol. The summed E-state index contributed by atoms with van der Waals surface area (Å²) in [7, 11) is 0. The highest BCUT2D eigenvalue weighted by atomic mass is 35.5. The van der Waals surface area contributed by atoms with E-state index in [1.54, 1.807) is 23.2 Å². The molecule has 3 heterocycles. The number of halogens is 4. The van der Waals surface area contributed by atoms with Crippen LogP contribution in [0.2, 0.25) is 5.02 Å². The molecule has 0 aliphatic carbocycles. The Balaban J connectivity index is 1.54. The van der Waals surface area contributed by atoms with Crippen molar-refractivity contribution < 1.29 is 18.0 Å². The zero-order valence-electron chi connectivity index (χ0n) is 16.4. The van der Waals surface area contributed by atoms with Gasteiger partial charge in [-0.2, -0.15) is 18.3 Å². The molecule has 0 radical (unpaired) electrons. The molecule has 1 aliphatic rings. The summed E-state index contributed by atoms with van der Waals surface area (Å²) in [5.41, 5.74) is -0.158. The van der Waals surface area contributed by atoms with Gasteiger partial charge in [-0.1, -0.05) is 29.8 Å². The van der Waals surface area contributed by atoms with Gasteiger partial charge in [-0.15, -0.1) is 0 Å². The number of alkyl halides is 3. The van der Waals surface area contributed by atoms with Crippen LogP contribution in [0.4, 0.5) is 13.2 Å². The molecule has 1 saturated heterocycles. The zero-order valence-corrected chi connectivity index (χ0v) is 17.1. The van der Waals surface area contributed by atoms with Crippen LogP contribution in [0.1, 0.15) is 21.9 Å². The van der Waals surface area contributed by atoms with E-state index in [1.807, 2.05) is 18.2 Å². The first-order chi connectivity index (χ1) is 14.8. The maximum absolute atomic E-state index is 13.3. The summed E-state index contributed by atoms with van der Waals surface area (Å²) in [6.45, 7) is 2.61. The minimum atomic E-state index is -4.68. The van der Waals surface area contributed by atoms with Crippen LogP contribution >= 0.6 is 11.6 Å². The molecule has 0 unspecified atom stereocenters. The maximum Gasteiger partial charge on any atom is 0.435 e. The summed E-state index contributed by atoms with van der Waals surface area (Å²) >= 11 is 6.16.